The van der Waals surface area contributed by atoms with E-state index in [0.717, 1.165) is 5.01 Å². The van der Waals surface area contributed by atoms with Gasteiger partial charge in [0, 0.05) is 30.2 Å². The molecule has 2 aromatic rings. The molecule has 5 nitrogen and oxygen atoms in total. The van der Waals surface area contributed by atoms with E-state index in [0.29, 0.717) is 24.5 Å². The largest absolute Gasteiger partial charge is 0.462 e. The molecule has 2 rings (SSSR count). The van der Waals surface area contributed by atoms with E-state index in [4.69, 9.17) is 4.74 Å². The highest BCUT2D eigenvalue weighted by Crippen LogP contribution is 2.19. The summed E-state index contributed by atoms with van der Waals surface area (Å²) in [5, 5.41) is 6.21. The quantitative estimate of drug-likeness (QED) is 0.829. The van der Waals surface area contributed by atoms with Gasteiger partial charge in [0.1, 0.15) is 11.4 Å². The highest BCUT2D eigenvalue weighted by atomic mass is 32.1. The molecule has 2 heterocycles. The summed E-state index contributed by atoms with van der Waals surface area (Å²) in [6.45, 7) is 4.88. The van der Waals surface area contributed by atoms with E-state index in [2.05, 4.69) is 22.2 Å². The zero-order valence-corrected chi connectivity index (χ0v) is 12.3. The van der Waals surface area contributed by atoms with E-state index in [-0.39, 0.29) is 11.9 Å². The second-order valence-corrected chi connectivity index (χ2v) is 5.20. The van der Waals surface area contributed by atoms with Crippen LogP contribution in [-0.4, -0.2) is 29.1 Å². The Morgan fingerprint density at radius 2 is 2.30 bits per heavy atom. The van der Waals surface area contributed by atoms with Crippen LogP contribution in [0.2, 0.25) is 0 Å². The zero-order chi connectivity index (χ0) is 14.4. The van der Waals surface area contributed by atoms with Crippen LogP contribution in [-0.2, 0) is 4.74 Å². The third-order valence-electron chi connectivity index (χ3n) is 2.75. The summed E-state index contributed by atoms with van der Waals surface area (Å²) in [6, 6.07) is 3.43. The van der Waals surface area contributed by atoms with E-state index in [1.165, 1.54) is 0 Å². The van der Waals surface area contributed by atoms with E-state index >= 15 is 0 Å². The topological polar surface area (TPSA) is 64.1 Å². The molecule has 1 unspecified atom stereocenters. The van der Waals surface area contributed by atoms with Crippen molar-refractivity contribution in [3.05, 3.63) is 40.5 Å². The first-order valence-electron chi connectivity index (χ1n) is 6.47. The van der Waals surface area contributed by atoms with Gasteiger partial charge < -0.3 is 10.1 Å². The second-order valence-electron chi connectivity index (χ2n) is 4.27. The predicted molar refractivity (Wildman–Crippen MR) is 79.2 cm³/mol. The summed E-state index contributed by atoms with van der Waals surface area (Å²) in [6.07, 6.45) is 3.44. The summed E-state index contributed by atoms with van der Waals surface area (Å²) >= 11 is 1.62. The Morgan fingerprint density at radius 3 is 3.00 bits per heavy atom. The van der Waals surface area contributed by atoms with Gasteiger partial charge in [0.15, 0.2) is 0 Å². The van der Waals surface area contributed by atoms with Gasteiger partial charge in [-0.25, -0.2) is 14.8 Å². The Bertz CT molecular complexity index is 557. The van der Waals surface area contributed by atoms with Gasteiger partial charge in [-0.3, -0.25) is 0 Å². The number of anilines is 1. The average molecular weight is 291 g/mol. The minimum absolute atomic E-state index is 0.257. The number of rotatable bonds is 6. The van der Waals surface area contributed by atoms with Crippen molar-refractivity contribution in [3.8, 4) is 0 Å². The highest BCUT2D eigenvalue weighted by Gasteiger charge is 2.14. The fourth-order valence-corrected chi connectivity index (χ4v) is 2.43. The van der Waals surface area contributed by atoms with Crippen LogP contribution in [0.5, 0.6) is 0 Å². The normalized spacial score (nSPS) is 11.9. The zero-order valence-electron chi connectivity index (χ0n) is 11.5. The van der Waals surface area contributed by atoms with E-state index in [9.17, 15) is 4.79 Å². The van der Waals surface area contributed by atoms with Crippen LogP contribution in [0.25, 0.3) is 0 Å². The molecule has 6 heteroatoms. The van der Waals surface area contributed by atoms with Gasteiger partial charge in [-0.05, 0) is 19.1 Å². The van der Waals surface area contributed by atoms with Crippen molar-refractivity contribution >= 4 is 23.1 Å². The first-order valence-corrected chi connectivity index (χ1v) is 7.35. The Balaban J connectivity index is 2.04. The molecular weight excluding hydrogens is 274 g/mol. The predicted octanol–water partition coefficient (Wildman–Crippen LogP) is 2.93. The molecule has 0 aliphatic heterocycles. The smallest absolute Gasteiger partial charge is 0.341 e. The fourth-order valence-electron chi connectivity index (χ4n) is 1.73. The van der Waals surface area contributed by atoms with Crippen LogP contribution in [0.3, 0.4) is 0 Å². The summed E-state index contributed by atoms with van der Waals surface area (Å²) in [7, 11) is 0. The van der Waals surface area contributed by atoms with Crippen molar-refractivity contribution < 1.29 is 9.53 Å². The molecule has 1 atom stereocenters. The minimum atomic E-state index is -0.356. The Labute approximate surface area is 122 Å². The van der Waals surface area contributed by atoms with Gasteiger partial charge in [-0.15, -0.1) is 11.3 Å². The summed E-state index contributed by atoms with van der Waals surface area (Å²) < 4.78 is 5.02. The number of ether oxygens (including phenoxy) is 1. The number of thiazole rings is 1. The van der Waals surface area contributed by atoms with Crippen molar-refractivity contribution in [2.75, 3.05) is 18.5 Å². The standard InChI is InChI=1S/C14H17N3O2S/c1-3-19-14(18)11-5-4-6-15-12(11)17-9-10(2)13-16-7-8-20-13/h4-8,10H,3,9H2,1-2H3,(H,15,17). The van der Waals surface area contributed by atoms with Crippen LogP contribution in [0.15, 0.2) is 29.9 Å². The number of esters is 1. The molecule has 106 valence electrons. The average Bonchev–Trinajstić information content (AvgIpc) is 2.99. The highest BCUT2D eigenvalue weighted by molar-refractivity contribution is 7.09. The van der Waals surface area contributed by atoms with Crippen molar-refractivity contribution in [2.45, 2.75) is 19.8 Å². The lowest BCUT2D eigenvalue weighted by Gasteiger charge is -2.13. The van der Waals surface area contributed by atoms with E-state index in [1.54, 1.807) is 42.8 Å². The number of hydrogen-bond acceptors (Lipinski definition) is 6. The molecule has 0 saturated carbocycles. The molecule has 20 heavy (non-hydrogen) atoms. The summed E-state index contributed by atoms with van der Waals surface area (Å²) in [5.74, 6) is 0.450. The molecule has 0 fully saturated rings. The van der Waals surface area contributed by atoms with Crippen LogP contribution in [0.1, 0.15) is 35.1 Å². The van der Waals surface area contributed by atoms with Crippen LogP contribution in [0, 0.1) is 0 Å². The molecule has 0 bridgehead atoms. The van der Waals surface area contributed by atoms with Crippen molar-refractivity contribution in [1.82, 2.24) is 9.97 Å². The van der Waals surface area contributed by atoms with Gasteiger partial charge in [-0.2, -0.15) is 0 Å². The molecule has 0 aromatic carbocycles. The van der Waals surface area contributed by atoms with Crippen LogP contribution in [0.4, 0.5) is 5.82 Å². The number of nitrogens with one attached hydrogen (secondary N) is 1. The molecular formula is C14H17N3O2S. The lowest BCUT2D eigenvalue weighted by molar-refractivity contribution is 0.0527. The first-order chi connectivity index (χ1) is 9.72. The van der Waals surface area contributed by atoms with Crippen molar-refractivity contribution in [3.63, 3.8) is 0 Å². The molecule has 0 amide bonds. The van der Waals surface area contributed by atoms with Gasteiger partial charge >= 0.3 is 5.97 Å². The number of nitrogens with zero attached hydrogens (tertiary/aromatic N) is 2. The van der Waals surface area contributed by atoms with Gasteiger partial charge in [0.2, 0.25) is 0 Å². The van der Waals surface area contributed by atoms with Crippen LogP contribution >= 0.6 is 11.3 Å². The third kappa shape index (κ3) is 3.54. The van der Waals surface area contributed by atoms with Gasteiger partial charge in [0.05, 0.1) is 11.6 Å². The maximum atomic E-state index is 11.8. The molecule has 1 N–H and O–H groups in total. The number of hydrogen-bond donors (Lipinski definition) is 1. The molecule has 0 spiro atoms. The fraction of sp³-hybridized carbons (Fsp3) is 0.357. The Kier molecular flexibility index (Phi) is 5.06. The summed E-state index contributed by atoms with van der Waals surface area (Å²) in [4.78, 5) is 20.3. The first kappa shape index (κ1) is 14.5. The minimum Gasteiger partial charge on any atom is -0.462 e. The number of pyridine rings is 1. The number of carbonyl (C=O) groups is 1. The molecule has 0 aliphatic rings. The van der Waals surface area contributed by atoms with Crippen LogP contribution < -0.4 is 5.32 Å². The second kappa shape index (κ2) is 7.00. The maximum Gasteiger partial charge on any atom is 0.341 e. The number of aromatic nitrogens is 2. The van der Waals surface area contributed by atoms with Crippen molar-refractivity contribution in [2.24, 2.45) is 0 Å². The Hall–Kier alpha value is -1.95. The molecule has 2 aromatic heterocycles. The number of carbonyl (C=O) groups excluding carboxylic acids is 1. The van der Waals surface area contributed by atoms with E-state index in [1.807, 2.05) is 5.38 Å². The van der Waals surface area contributed by atoms with Crippen molar-refractivity contribution in [1.29, 1.82) is 0 Å². The van der Waals surface area contributed by atoms with E-state index < -0.39 is 0 Å². The van der Waals surface area contributed by atoms with Gasteiger partial charge in [-0.1, -0.05) is 6.92 Å². The SMILES string of the molecule is CCOC(=O)c1cccnc1NCC(C)c1nccs1. The summed E-state index contributed by atoms with van der Waals surface area (Å²) in [5.41, 5.74) is 0.459. The molecule has 0 saturated heterocycles. The van der Waals surface area contributed by atoms with Gasteiger partial charge in [0.25, 0.3) is 0 Å². The third-order valence-corrected chi connectivity index (χ3v) is 3.76. The molecule has 0 radical (unpaired) electrons. The maximum absolute atomic E-state index is 11.8. The lowest BCUT2D eigenvalue weighted by Crippen LogP contribution is -2.15. The lowest BCUT2D eigenvalue weighted by atomic mass is 10.2. The monoisotopic (exact) mass is 291 g/mol. The molecule has 0 aliphatic carbocycles. The Morgan fingerprint density at radius 1 is 1.45 bits per heavy atom.